The second-order valence-corrected chi connectivity index (χ2v) is 4.29. The number of thiophene rings is 1. The van der Waals surface area contributed by atoms with E-state index in [4.69, 9.17) is 0 Å². The van der Waals surface area contributed by atoms with E-state index in [1.807, 2.05) is 0 Å². The molecule has 1 aliphatic heterocycles. The van der Waals surface area contributed by atoms with Crippen molar-refractivity contribution in [3.05, 3.63) is 21.9 Å². The van der Waals surface area contributed by atoms with Gasteiger partial charge in [0, 0.05) is 10.9 Å². The molecule has 0 aliphatic carbocycles. The highest BCUT2D eigenvalue weighted by Crippen LogP contribution is 2.39. The summed E-state index contributed by atoms with van der Waals surface area (Å²) in [5.74, 6) is 0. The minimum atomic E-state index is -4.21. The highest BCUT2D eigenvalue weighted by molar-refractivity contribution is 7.10. The molecule has 0 saturated carbocycles. The van der Waals surface area contributed by atoms with E-state index in [-0.39, 0.29) is 6.04 Å². The third kappa shape index (κ3) is 1.79. The van der Waals surface area contributed by atoms with E-state index in [2.05, 4.69) is 5.32 Å². The predicted molar refractivity (Wildman–Crippen MR) is 49.3 cm³/mol. The third-order valence-electron chi connectivity index (χ3n) is 2.38. The number of hydrogen-bond donors (Lipinski definition) is 1. The molecule has 2 heterocycles. The molecule has 2 rings (SSSR count). The van der Waals surface area contributed by atoms with Gasteiger partial charge in [-0.2, -0.15) is 13.2 Å². The molecule has 1 aromatic rings. The van der Waals surface area contributed by atoms with Gasteiger partial charge in [-0.3, -0.25) is 0 Å². The van der Waals surface area contributed by atoms with Gasteiger partial charge in [-0.15, -0.1) is 11.3 Å². The zero-order valence-corrected chi connectivity index (χ0v) is 8.21. The van der Waals surface area contributed by atoms with Gasteiger partial charge in [0.1, 0.15) is 0 Å². The summed E-state index contributed by atoms with van der Waals surface area (Å²) in [5.41, 5.74) is -0.470. The Morgan fingerprint density at radius 1 is 1.43 bits per heavy atom. The molecule has 14 heavy (non-hydrogen) atoms. The molecule has 1 N–H and O–H groups in total. The molecule has 0 amide bonds. The van der Waals surface area contributed by atoms with Crippen molar-refractivity contribution in [2.24, 2.45) is 0 Å². The van der Waals surface area contributed by atoms with Gasteiger partial charge in [0.25, 0.3) is 0 Å². The highest BCUT2D eigenvalue weighted by atomic mass is 32.1. The lowest BCUT2D eigenvalue weighted by molar-refractivity contribution is -0.138. The first kappa shape index (κ1) is 9.98. The lowest BCUT2D eigenvalue weighted by Gasteiger charge is -2.13. The summed E-state index contributed by atoms with van der Waals surface area (Å²) in [4.78, 5) is 0.440. The average molecular weight is 221 g/mol. The maximum absolute atomic E-state index is 12.5. The maximum atomic E-state index is 12.5. The molecule has 5 heteroatoms. The number of hydrogen-bond acceptors (Lipinski definition) is 2. The van der Waals surface area contributed by atoms with E-state index >= 15 is 0 Å². The summed E-state index contributed by atoms with van der Waals surface area (Å²) < 4.78 is 37.5. The van der Waals surface area contributed by atoms with Crippen LogP contribution >= 0.6 is 11.3 Å². The fourth-order valence-electron chi connectivity index (χ4n) is 1.73. The third-order valence-corrected chi connectivity index (χ3v) is 3.41. The minimum absolute atomic E-state index is 0.0911. The first-order valence-electron chi connectivity index (χ1n) is 4.47. The summed E-state index contributed by atoms with van der Waals surface area (Å²) in [7, 11) is 0. The molecular weight excluding hydrogens is 211 g/mol. The van der Waals surface area contributed by atoms with Crippen LogP contribution in [0.1, 0.15) is 29.3 Å². The summed E-state index contributed by atoms with van der Waals surface area (Å²) in [6.07, 6.45) is -2.44. The van der Waals surface area contributed by atoms with Crippen LogP contribution in [0, 0.1) is 0 Å². The van der Waals surface area contributed by atoms with Gasteiger partial charge in [0.05, 0.1) is 5.56 Å². The van der Waals surface area contributed by atoms with E-state index in [9.17, 15) is 13.2 Å². The summed E-state index contributed by atoms with van der Waals surface area (Å²) in [6, 6.07) is 1.08. The van der Waals surface area contributed by atoms with Gasteiger partial charge in [-0.05, 0) is 30.8 Å². The van der Waals surface area contributed by atoms with Crippen LogP contribution < -0.4 is 5.32 Å². The molecule has 1 aromatic heterocycles. The second kappa shape index (κ2) is 3.55. The fourth-order valence-corrected chi connectivity index (χ4v) is 2.76. The Morgan fingerprint density at radius 3 is 2.79 bits per heavy atom. The molecule has 0 aromatic carbocycles. The first-order valence-corrected chi connectivity index (χ1v) is 5.35. The van der Waals surface area contributed by atoms with Crippen LogP contribution in [0.15, 0.2) is 11.4 Å². The van der Waals surface area contributed by atoms with Crippen LogP contribution in [0.5, 0.6) is 0 Å². The van der Waals surface area contributed by atoms with Gasteiger partial charge >= 0.3 is 6.18 Å². The lowest BCUT2D eigenvalue weighted by atomic mass is 10.1. The topological polar surface area (TPSA) is 12.0 Å². The smallest absolute Gasteiger partial charge is 0.309 e. The van der Waals surface area contributed by atoms with Gasteiger partial charge in [-0.1, -0.05) is 0 Å². The molecule has 1 nitrogen and oxygen atoms in total. The predicted octanol–water partition coefficient (Wildman–Crippen LogP) is 3.19. The Kier molecular flexibility index (Phi) is 2.53. The Balaban J connectivity index is 2.29. The van der Waals surface area contributed by atoms with Gasteiger partial charge < -0.3 is 5.32 Å². The number of nitrogens with one attached hydrogen (secondary N) is 1. The lowest BCUT2D eigenvalue weighted by Crippen LogP contribution is -2.16. The normalized spacial score (nSPS) is 22.9. The van der Waals surface area contributed by atoms with Crippen LogP contribution in [-0.4, -0.2) is 6.54 Å². The van der Waals surface area contributed by atoms with Crippen molar-refractivity contribution < 1.29 is 13.2 Å². The summed E-state index contributed by atoms with van der Waals surface area (Å²) in [5, 5.41) is 4.59. The van der Waals surface area contributed by atoms with E-state index < -0.39 is 11.7 Å². The first-order chi connectivity index (χ1) is 6.59. The zero-order chi connectivity index (χ0) is 10.2. The van der Waals surface area contributed by atoms with Crippen LogP contribution in [0.25, 0.3) is 0 Å². The quantitative estimate of drug-likeness (QED) is 0.768. The van der Waals surface area contributed by atoms with Crippen molar-refractivity contribution in [1.29, 1.82) is 0 Å². The Hall–Kier alpha value is -0.550. The van der Waals surface area contributed by atoms with Crippen molar-refractivity contribution in [2.75, 3.05) is 6.54 Å². The molecule has 0 spiro atoms. The molecule has 1 unspecified atom stereocenters. The number of rotatable bonds is 1. The van der Waals surface area contributed by atoms with E-state index in [1.54, 1.807) is 0 Å². The van der Waals surface area contributed by atoms with Crippen molar-refractivity contribution in [1.82, 2.24) is 5.32 Å². The fraction of sp³-hybridized carbons (Fsp3) is 0.556. The van der Waals surface area contributed by atoms with Crippen molar-refractivity contribution in [2.45, 2.75) is 25.1 Å². The van der Waals surface area contributed by atoms with Crippen LogP contribution in [0.2, 0.25) is 0 Å². The average Bonchev–Trinajstić information content (AvgIpc) is 2.73. The Labute approximate surface area is 83.9 Å². The molecule has 78 valence electrons. The van der Waals surface area contributed by atoms with Gasteiger partial charge in [0.15, 0.2) is 0 Å². The van der Waals surface area contributed by atoms with Crippen LogP contribution in [-0.2, 0) is 6.18 Å². The summed E-state index contributed by atoms with van der Waals surface area (Å²) >= 11 is 1.19. The van der Waals surface area contributed by atoms with E-state index in [0.29, 0.717) is 4.88 Å². The van der Waals surface area contributed by atoms with Crippen molar-refractivity contribution in [3.8, 4) is 0 Å². The highest BCUT2D eigenvalue weighted by Gasteiger charge is 2.36. The molecule has 1 saturated heterocycles. The van der Waals surface area contributed by atoms with Crippen LogP contribution in [0.3, 0.4) is 0 Å². The number of halogens is 3. The van der Waals surface area contributed by atoms with E-state index in [1.165, 1.54) is 22.8 Å². The molecule has 1 fully saturated rings. The van der Waals surface area contributed by atoms with Crippen molar-refractivity contribution >= 4 is 11.3 Å². The molecule has 1 atom stereocenters. The molecule has 0 radical (unpaired) electrons. The minimum Gasteiger partial charge on any atom is -0.309 e. The zero-order valence-electron chi connectivity index (χ0n) is 7.40. The second-order valence-electron chi connectivity index (χ2n) is 3.35. The van der Waals surface area contributed by atoms with Gasteiger partial charge in [0.2, 0.25) is 0 Å². The van der Waals surface area contributed by atoms with E-state index in [0.717, 1.165) is 19.4 Å². The largest absolute Gasteiger partial charge is 0.417 e. The van der Waals surface area contributed by atoms with Crippen LogP contribution in [0.4, 0.5) is 13.2 Å². The maximum Gasteiger partial charge on any atom is 0.417 e. The Morgan fingerprint density at radius 2 is 2.21 bits per heavy atom. The molecular formula is C9H10F3NS. The summed E-state index contributed by atoms with van der Waals surface area (Å²) in [6.45, 7) is 0.819. The molecule has 1 aliphatic rings. The van der Waals surface area contributed by atoms with Crippen molar-refractivity contribution in [3.63, 3.8) is 0 Å². The Bertz CT molecular complexity index is 312. The standard InChI is InChI=1S/C9H10F3NS/c10-9(11,12)6-3-5-14-8(6)7-2-1-4-13-7/h3,5,7,13H,1-2,4H2. The molecule has 0 bridgehead atoms. The number of alkyl halides is 3. The monoisotopic (exact) mass is 221 g/mol. The van der Waals surface area contributed by atoms with Gasteiger partial charge in [-0.25, -0.2) is 0 Å². The SMILES string of the molecule is FC(F)(F)c1ccsc1C1CCCN1.